The lowest BCUT2D eigenvalue weighted by molar-refractivity contribution is 0.139. The van der Waals surface area contributed by atoms with Crippen LogP contribution in [0.5, 0.6) is 0 Å². The van der Waals surface area contributed by atoms with E-state index in [1.165, 1.54) is 25.1 Å². The molecule has 7 heteroatoms. The first-order chi connectivity index (χ1) is 11.5. The van der Waals surface area contributed by atoms with Crippen molar-refractivity contribution < 1.29 is 14.5 Å². The zero-order valence-corrected chi connectivity index (χ0v) is 14.7. The van der Waals surface area contributed by atoms with Gasteiger partial charge in [-0.1, -0.05) is 19.3 Å². The second-order valence-corrected chi connectivity index (χ2v) is 8.99. The molecular weight excluding hydrogens is 327 g/mol. The second-order valence-electron chi connectivity index (χ2n) is 6.80. The van der Waals surface area contributed by atoms with Gasteiger partial charge in [0.1, 0.15) is 18.5 Å². The molecule has 132 valence electrons. The number of morpholine rings is 1. The summed E-state index contributed by atoms with van der Waals surface area (Å²) in [7, 11) is -3.06. The SMILES string of the molecule is O=c1cc([C@@H]2COC(=C[P+](O)(O)CC3CCCCC3)CN2)cc[nH]1. The molecule has 1 aliphatic heterocycles. The Labute approximate surface area is 142 Å². The van der Waals surface area contributed by atoms with Gasteiger partial charge in [-0.2, -0.15) is 0 Å². The van der Waals surface area contributed by atoms with E-state index in [1.54, 1.807) is 12.3 Å². The van der Waals surface area contributed by atoms with Gasteiger partial charge in [0.15, 0.2) is 5.82 Å². The summed E-state index contributed by atoms with van der Waals surface area (Å²) in [5.41, 5.74) is 0.729. The smallest absolute Gasteiger partial charge is 0.296 e. The van der Waals surface area contributed by atoms with Crippen LogP contribution in [-0.4, -0.2) is 34.1 Å². The summed E-state index contributed by atoms with van der Waals surface area (Å²) in [5, 5.41) is 3.29. The van der Waals surface area contributed by atoms with Gasteiger partial charge in [-0.3, -0.25) is 10.1 Å². The number of ether oxygens (including phenoxy) is 1. The van der Waals surface area contributed by atoms with E-state index in [4.69, 9.17) is 4.74 Å². The average molecular weight is 353 g/mol. The molecule has 1 saturated heterocycles. The summed E-state index contributed by atoms with van der Waals surface area (Å²) in [6.45, 7) is 0.809. The topological polar surface area (TPSA) is 94.6 Å². The largest absolute Gasteiger partial charge is 0.491 e. The predicted molar refractivity (Wildman–Crippen MR) is 94.6 cm³/mol. The van der Waals surface area contributed by atoms with Crippen LogP contribution in [0, 0.1) is 5.92 Å². The lowest BCUT2D eigenvalue weighted by Crippen LogP contribution is -2.34. The molecule has 4 N–H and O–H groups in total. The Hall–Kier alpha value is -1.20. The Bertz CT molecular complexity index is 627. The molecule has 24 heavy (non-hydrogen) atoms. The van der Waals surface area contributed by atoms with Gasteiger partial charge in [0, 0.05) is 12.3 Å². The van der Waals surface area contributed by atoms with E-state index in [0.717, 1.165) is 18.4 Å². The van der Waals surface area contributed by atoms with Crippen molar-refractivity contribution in [3.05, 3.63) is 45.8 Å². The van der Waals surface area contributed by atoms with Crippen molar-refractivity contribution in [2.75, 3.05) is 19.3 Å². The monoisotopic (exact) mass is 353 g/mol. The highest BCUT2D eigenvalue weighted by Crippen LogP contribution is 2.55. The number of hydrogen-bond acceptors (Lipinski definition) is 5. The lowest BCUT2D eigenvalue weighted by Gasteiger charge is -2.27. The molecule has 0 unspecified atom stereocenters. The number of pyridine rings is 1. The number of nitrogens with one attached hydrogen (secondary N) is 2. The molecule has 1 saturated carbocycles. The number of aromatic amines is 1. The summed E-state index contributed by atoms with van der Waals surface area (Å²) in [6, 6.07) is 3.33. The maximum Gasteiger partial charge on any atom is 0.296 e. The van der Waals surface area contributed by atoms with E-state index in [2.05, 4.69) is 10.3 Å². The minimum atomic E-state index is -3.06. The number of hydrogen-bond donors (Lipinski definition) is 4. The van der Waals surface area contributed by atoms with E-state index in [9.17, 15) is 14.6 Å². The van der Waals surface area contributed by atoms with Crippen molar-refractivity contribution in [1.82, 2.24) is 10.3 Å². The Kier molecular flexibility index (Phi) is 5.72. The fourth-order valence-corrected chi connectivity index (χ4v) is 5.39. The van der Waals surface area contributed by atoms with Crippen molar-refractivity contribution in [3.8, 4) is 0 Å². The van der Waals surface area contributed by atoms with Crippen molar-refractivity contribution in [3.63, 3.8) is 0 Å². The van der Waals surface area contributed by atoms with Crippen molar-refractivity contribution in [2.24, 2.45) is 5.92 Å². The van der Waals surface area contributed by atoms with Crippen molar-refractivity contribution in [1.29, 1.82) is 0 Å². The highest BCUT2D eigenvalue weighted by molar-refractivity contribution is 7.67. The first-order valence-electron chi connectivity index (χ1n) is 8.62. The van der Waals surface area contributed by atoms with Crippen LogP contribution in [0.15, 0.2) is 34.7 Å². The molecule has 1 aliphatic carbocycles. The third kappa shape index (κ3) is 4.90. The first-order valence-corrected chi connectivity index (χ1v) is 10.6. The fourth-order valence-electron chi connectivity index (χ4n) is 3.53. The zero-order valence-electron chi connectivity index (χ0n) is 13.8. The summed E-state index contributed by atoms with van der Waals surface area (Å²) >= 11 is 0. The number of aromatic nitrogens is 1. The van der Waals surface area contributed by atoms with E-state index in [0.29, 0.717) is 31.0 Å². The maximum atomic E-state index is 11.4. The molecule has 0 aromatic carbocycles. The average Bonchev–Trinajstić information content (AvgIpc) is 2.55. The molecule has 2 heterocycles. The van der Waals surface area contributed by atoms with E-state index in [1.807, 2.05) is 6.07 Å². The second kappa shape index (κ2) is 7.79. The predicted octanol–water partition coefficient (Wildman–Crippen LogP) is 2.29. The van der Waals surface area contributed by atoms with Crippen molar-refractivity contribution >= 4 is 7.72 Å². The Morgan fingerprint density at radius 1 is 1.29 bits per heavy atom. The molecule has 0 radical (unpaired) electrons. The molecule has 1 aromatic heterocycles. The van der Waals surface area contributed by atoms with Crippen LogP contribution in [0.3, 0.4) is 0 Å². The van der Waals surface area contributed by atoms with Gasteiger partial charge in [-0.05, 0) is 30.4 Å². The Morgan fingerprint density at radius 3 is 2.75 bits per heavy atom. The molecule has 3 rings (SSSR count). The third-order valence-corrected chi connectivity index (χ3v) is 6.52. The van der Waals surface area contributed by atoms with Gasteiger partial charge >= 0.3 is 0 Å². The number of rotatable bonds is 4. The molecule has 2 fully saturated rings. The minimum Gasteiger partial charge on any atom is -0.491 e. The normalized spacial score (nSPS) is 24.8. The molecule has 1 atom stereocenters. The molecule has 0 bridgehead atoms. The first kappa shape index (κ1) is 17.6. The summed E-state index contributed by atoms with van der Waals surface area (Å²) in [5.74, 6) is 2.53. The Balaban J connectivity index is 1.56. The van der Waals surface area contributed by atoms with Crippen LogP contribution >= 0.6 is 7.72 Å². The summed E-state index contributed by atoms with van der Waals surface area (Å²) in [4.78, 5) is 34.7. The summed E-state index contributed by atoms with van der Waals surface area (Å²) < 4.78 is 5.70. The molecule has 0 amide bonds. The zero-order chi connectivity index (χ0) is 17.0. The number of H-pyrrole nitrogens is 1. The van der Waals surface area contributed by atoms with Gasteiger partial charge in [0.2, 0.25) is 5.56 Å². The molecular formula is C17H26N2O4P+. The van der Waals surface area contributed by atoms with Crippen molar-refractivity contribution in [2.45, 2.75) is 38.1 Å². The van der Waals surface area contributed by atoms with Crippen LogP contribution in [0.4, 0.5) is 0 Å². The maximum absolute atomic E-state index is 11.4. The minimum absolute atomic E-state index is 0.0621. The van der Waals surface area contributed by atoms with Gasteiger partial charge < -0.3 is 9.72 Å². The van der Waals surface area contributed by atoms with Crippen LogP contribution in [0.1, 0.15) is 43.7 Å². The standard InChI is InChI=1S/C17H25N2O4P/c20-17-8-14(6-7-18-17)16-10-23-15(9-19-16)12-24(21,22)11-13-4-2-1-3-5-13/h6-8,12-13,16,19,21-22H,1-5,9-11H2/p+1/t16-/m0/s1. The van der Waals surface area contributed by atoms with Gasteiger partial charge in [-0.25, -0.2) is 9.79 Å². The van der Waals surface area contributed by atoms with Gasteiger partial charge in [-0.15, -0.1) is 0 Å². The van der Waals surface area contributed by atoms with Gasteiger partial charge in [0.25, 0.3) is 7.72 Å². The van der Waals surface area contributed by atoms with Gasteiger partial charge in [0.05, 0.1) is 12.6 Å². The highest BCUT2D eigenvalue weighted by atomic mass is 31.2. The molecule has 0 spiro atoms. The van der Waals surface area contributed by atoms with Crippen LogP contribution in [0.2, 0.25) is 0 Å². The Morgan fingerprint density at radius 2 is 2.08 bits per heavy atom. The van der Waals surface area contributed by atoms with E-state index < -0.39 is 7.72 Å². The fraction of sp³-hybridized carbons (Fsp3) is 0.588. The van der Waals surface area contributed by atoms with E-state index >= 15 is 0 Å². The third-order valence-electron chi connectivity index (χ3n) is 4.76. The quantitative estimate of drug-likeness (QED) is 0.623. The highest BCUT2D eigenvalue weighted by Gasteiger charge is 2.37. The molecule has 2 aliphatic rings. The molecule has 1 aromatic rings. The molecule has 6 nitrogen and oxygen atoms in total. The van der Waals surface area contributed by atoms with Crippen LogP contribution < -0.4 is 10.9 Å². The lowest BCUT2D eigenvalue weighted by atomic mass is 9.91. The van der Waals surface area contributed by atoms with Crippen LogP contribution in [0.25, 0.3) is 0 Å². The van der Waals surface area contributed by atoms with E-state index in [-0.39, 0.29) is 11.6 Å². The van der Waals surface area contributed by atoms with Crippen LogP contribution in [-0.2, 0) is 4.74 Å². The summed E-state index contributed by atoms with van der Waals surface area (Å²) in [6.07, 6.45) is 7.92.